The van der Waals surface area contributed by atoms with Gasteiger partial charge in [-0.3, -0.25) is 0 Å². The number of halogens is 1. The number of benzene rings is 1. The summed E-state index contributed by atoms with van der Waals surface area (Å²) in [6.45, 7) is 8.65. The summed E-state index contributed by atoms with van der Waals surface area (Å²) in [5.74, 6) is 1.23. The lowest BCUT2D eigenvalue weighted by Crippen LogP contribution is -2.34. The molecule has 18 heavy (non-hydrogen) atoms. The fourth-order valence-electron chi connectivity index (χ4n) is 2.51. The molecule has 0 aliphatic rings. The van der Waals surface area contributed by atoms with Crippen LogP contribution in [0.25, 0.3) is 0 Å². The Kier molecular flexibility index (Phi) is 5.50. The highest BCUT2D eigenvalue weighted by atomic mass is 35.5. The molecule has 2 nitrogen and oxygen atoms in total. The molecule has 0 spiro atoms. The second-order valence-electron chi connectivity index (χ2n) is 5.33. The van der Waals surface area contributed by atoms with Crippen molar-refractivity contribution >= 4 is 17.3 Å². The first-order valence-electron chi connectivity index (χ1n) is 6.37. The quantitative estimate of drug-likeness (QED) is 0.845. The van der Waals surface area contributed by atoms with E-state index in [0.717, 1.165) is 5.69 Å². The molecule has 0 fully saturated rings. The number of nitriles is 1. The van der Waals surface area contributed by atoms with Crippen LogP contribution >= 0.6 is 11.6 Å². The highest BCUT2D eigenvalue weighted by Gasteiger charge is 2.27. The second kappa shape index (κ2) is 6.66. The average Bonchev–Trinajstić information content (AvgIpc) is 2.27. The second-order valence-corrected chi connectivity index (χ2v) is 5.76. The number of hydrogen-bond donors (Lipinski definition) is 1. The topological polar surface area (TPSA) is 35.8 Å². The molecular formula is C15H21ClN2. The standard InChI is InChI=1S/C15H21ClN2/c1-10(2)15(11(3)4)14(9-17)18-13-7-5-6-12(16)8-13/h5-8,10-11,14-15,18H,1-4H3. The molecule has 0 heterocycles. The van der Waals surface area contributed by atoms with Crippen LogP contribution in [0.3, 0.4) is 0 Å². The van der Waals surface area contributed by atoms with Gasteiger partial charge in [-0.15, -0.1) is 0 Å². The number of nitrogens with zero attached hydrogens (tertiary/aromatic N) is 1. The van der Waals surface area contributed by atoms with Crippen LogP contribution < -0.4 is 5.32 Å². The van der Waals surface area contributed by atoms with Gasteiger partial charge in [-0.1, -0.05) is 45.4 Å². The van der Waals surface area contributed by atoms with Crippen molar-refractivity contribution in [3.8, 4) is 6.07 Å². The third-order valence-electron chi connectivity index (χ3n) is 3.21. The average molecular weight is 265 g/mol. The molecule has 1 aromatic rings. The van der Waals surface area contributed by atoms with Gasteiger partial charge in [-0.2, -0.15) is 5.26 Å². The van der Waals surface area contributed by atoms with Crippen LogP contribution in [0, 0.1) is 29.1 Å². The molecule has 0 aliphatic carbocycles. The summed E-state index contributed by atoms with van der Waals surface area (Å²) in [7, 11) is 0. The molecule has 1 aromatic carbocycles. The highest BCUT2D eigenvalue weighted by molar-refractivity contribution is 6.30. The third kappa shape index (κ3) is 3.92. The summed E-state index contributed by atoms with van der Waals surface area (Å²) in [5.41, 5.74) is 0.903. The van der Waals surface area contributed by atoms with E-state index in [1.807, 2.05) is 24.3 Å². The van der Waals surface area contributed by atoms with Crippen LogP contribution in [-0.2, 0) is 0 Å². The lowest BCUT2D eigenvalue weighted by atomic mass is 9.80. The van der Waals surface area contributed by atoms with Crippen LogP contribution in [0.15, 0.2) is 24.3 Å². The van der Waals surface area contributed by atoms with Gasteiger partial charge in [0.15, 0.2) is 0 Å². The summed E-state index contributed by atoms with van der Waals surface area (Å²) in [4.78, 5) is 0. The van der Waals surface area contributed by atoms with E-state index in [4.69, 9.17) is 11.6 Å². The van der Waals surface area contributed by atoms with Gasteiger partial charge in [0.25, 0.3) is 0 Å². The highest BCUT2D eigenvalue weighted by Crippen LogP contribution is 2.27. The molecule has 1 rings (SSSR count). The summed E-state index contributed by atoms with van der Waals surface area (Å²) >= 11 is 5.95. The monoisotopic (exact) mass is 264 g/mol. The van der Waals surface area contributed by atoms with E-state index in [-0.39, 0.29) is 6.04 Å². The lowest BCUT2D eigenvalue weighted by Gasteiger charge is -2.30. The molecule has 0 aromatic heterocycles. The fourth-order valence-corrected chi connectivity index (χ4v) is 2.70. The fraction of sp³-hybridized carbons (Fsp3) is 0.533. The van der Waals surface area contributed by atoms with Crippen LogP contribution in [0.5, 0.6) is 0 Å². The van der Waals surface area contributed by atoms with Gasteiger partial charge in [0.05, 0.1) is 6.07 Å². The Morgan fingerprint density at radius 2 is 1.78 bits per heavy atom. The van der Waals surface area contributed by atoms with E-state index in [1.54, 1.807) is 0 Å². The van der Waals surface area contributed by atoms with Crippen molar-refractivity contribution in [2.75, 3.05) is 5.32 Å². The zero-order valence-corrected chi connectivity index (χ0v) is 12.2. The van der Waals surface area contributed by atoms with Gasteiger partial charge < -0.3 is 5.32 Å². The van der Waals surface area contributed by atoms with Crippen molar-refractivity contribution in [2.45, 2.75) is 33.7 Å². The first kappa shape index (κ1) is 14.9. The SMILES string of the molecule is CC(C)C(C(C)C)C(C#N)Nc1cccc(Cl)c1. The molecule has 0 aliphatic heterocycles. The maximum Gasteiger partial charge on any atom is 0.117 e. The minimum atomic E-state index is -0.191. The van der Waals surface area contributed by atoms with Gasteiger partial charge in [-0.05, 0) is 36.0 Å². The Hall–Kier alpha value is -1.20. The molecule has 98 valence electrons. The first-order valence-corrected chi connectivity index (χ1v) is 6.75. The Bertz CT molecular complexity index is 413. The minimum Gasteiger partial charge on any atom is -0.370 e. The molecule has 1 N–H and O–H groups in total. The molecule has 3 heteroatoms. The number of rotatable bonds is 5. The summed E-state index contributed by atoms with van der Waals surface area (Å²) in [6.07, 6.45) is 0. The predicted octanol–water partition coefficient (Wildman–Crippen LogP) is 4.57. The van der Waals surface area contributed by atoms with Crippen molar-refractivity contribution in [3.05, 3.63) is 29.3 Å². The van der Waals surface area contributed by atoms with E-state index in [0.29, 0.717) is 22.8 Å². The van der Waals surface area contributed by atoms with Crippen LogP contribution in [0.1, 0.15) is 27.7 Å². The Balaban J connectivity index is 2.87. The van der Waals surface area contributed by atoms with Crippen molar-refractivity contribution in [2.24, 2.45) is 17.8 Å². The van der Waals surface area contributed by atoms with Gasteiger partial charge in [-0.25, -0.2) is 0 Å². The molecule has 0 radical (unpaired) electrons. The number of nitrogens with one attached hydrogen (secondary N) is 1. The Morgan fingerprint density at radius 1 is 1.17 bits per heavy atom. The van der Waals surface area contributed by atoms with E-state index in [2.05, 4.69) is 39.1 Å². The molecule has 1 unspecified atom stereocenters. The third-order valence-corrected chi connectivity index (χ3v) is 3.45. The zero-order valence-electron chi connectivity index (χ0n) is 11.4. The smallest absolute Gasteiger partial charge is 0.117 e. The molecular weight excluding hydrogens is 244 g/mol. The van der Waals surface area contributed by atoms with Gasteiger partial charge >= 0.3 is 0 Å². The summed E-state index contributed by atoms with van der Waals surface area (Å²) < 4.78 is 0. The van der Waals surface area contributed by atoms with Gasteiger partial charge in [0.1, 0.15) is 6.04 Å². The lowest BCUT2D eigenvalue weighted by molar-refractivity contribution is 0.276. The maximum atomic E-state index is 9.38. The Morgan fingerprint density at radius 3 is 2.22 bits per heavy atom. The largest absolute Gasteiger partial charge is 0.370 e. The Labute approximate surface area is 115 Å². The molecule has 0 bridgehead atoms. The van der Waals surface area contributed by atoms with Crippen LogP contribution in [0.2, 0.25) is 5.02 Å². The normalized spacial score (nSPS) is 12.8. The van der Waals surface area contributed by atoms with E-state index in [9.17, 15) is 5.26 Å². The van der Waals surface area contributed by atoms with Crippen molar-refractivity contribution in [1.29, 1.82) is 5.26 Å². The van der Waals surface area contributed by atoms with Crippen LogP contribution in [-0.4, -0.2) is 6.04 Å². The summed E-state index contributed by atoms with van der Waals surface area (Å²) in [6, 6.07) is 9.69. The summed E-state index contributed by atoms with van der Waals surface area (Å²) in [5, 5.41) is 13.3. The van der Waals surface area contributed by atoms with Crippen LogP contribution in [0.4, 0.5) is 5.69 Å². The van der Waals surface area contributed by atoms with E-state index in [1.165, 1.54) is 0 Å². The minimum absolute atomic E-state index is 0.191. The maximum absolute atomic E-state index is 9.38. The van der Waals surface area contributed by atoms with E-state index < -0.39 is 0 Å². The molecule has 0 amide bonds. The molecule has 0 saturated heterocycles. The van der Waals surface area contributed by atoms with Crippen molar-refractivity contribution < 1.29 is 0 Å². The number of anilines is 1. The number of hydrogen-bond acceptors (Lipinski definition) is 2. The molecule has 0 saturated carbocycles. The van der Waals surface area contributed by atoms with E-state index >= 15 is 0 Å². The van der Waals surface area contributed by atoms with Crippen molar-refractivity contribution in [1.82, 2.24) is 0 Å². The van der Waals surface area contributed by atoms with Crippen molar-refractivity contribution in [3.63, 3.8) is 0 Å². The molecule has 1 atom stereocenters. The zero-order chi connectivity index (χ0) is 13.7. The van der Waals surface area contributed by atoms with Gasteiger partial charge in [0, 0.05) is 10.7 Å². The first-order chi connectivity index (χ1) is 8.45. The van der Waals surface area contributed by atoms with Gasteiger partial charge in [0.2, 0.25) is 0 Å². The predicted molar refractivity (Wildman–Crippen MR) is 77.6 cm³/mol.